The summed E-state index contributed by atoms with van der Waals surface area (Å²) in [7, 11) is -0.379. The fourth-order valence-electron chi connectivity index (χ4n) is 11.5. The Bertz CT molecular complexity index is 2280. The number of carbonyl (C=O) groups is 1. The van der Waals surface area contributed by atoms with E-state index in [1.165, 1.54) is 12.8 Å². The van der Waals surface area contributed by atoms with E-state index in [1.807, 2.05) is 31.9 Å². The first-order chi connectivity index (χ1) is 29.1. The minimum Gasteiger partial charge on any atom is -0.476 e. The molecule has 4 aromatic rings. The van der Waals surface area contributed by atoms with Gasteiger partial charge in [-0.05, 0) is 124 Å². The van der Waals surface area contributed by atoms with Gasteiger partial charge in [0.05, 0.1) is 23.3 Å². The zero-order chi connectivity index (χ0) is 43.3. The molecule has 0 spiro atoms. The van der Waals surface area contributed by atoms with Gasteiger partial charge in [0.1, 0.15) is 31.8 Å². The van der Waals surface area contributed by atoms with Crippen LogP contribution in [0.25, 0.3) is 32.8 Å². The van der Waals surface area contributed by atoms with Crippen LogP contribution in [0, 0.1) is 11.5 Å². The number of pyridine rings is 2. The quantitative estimate of drug-likeness (QED) is 0.0832. The molecule has 4 fully saturated rings. The lowest BCUT2D eigenvalue weighted by Gasteiger charge is -2.42. The van der Waals surface area contributed by atoms with Gasteiger partial charge < -0.3 is 23.8 Å². The van der Waals surface area contributed by atoms with E-state index in [1.54, 1.807) is 7.11 Å². The number of nitrogens with zero attached hydrogens (tertiary/aromatic N) is 5. The van der Waals surface area contributed by atoms with Gasteiger partial charge in [0, 0.05) is 54.4 Å². The largest absolute Gasteiger partial charge is 0.476 e. The third kappa shape index (κ3) is 8.32. The lowest BCUT2D eigenvalue weighted by molar-refractivity contribution is 0.0122. The first-order valence-electron chi connectivity index (χ1n) is 22.8. The predicted molar refractivity (Wildman–Crippen MR) is 248 cm³/mol. The summed E-state index contributed by atoms with van der Waals surface area (Å²) in [5.74, 6) is 5.97. The topological polar surface area (TPSA) is 89.5 Å². The van der Waals surface area contributed by atoms with Crippen LogP contribution in [-0.2, 0) is 9.47 Å². The van der Waals surface area contributed by atoms with Gasteiger partial charge in [-0.15, -0.1) is 5.54 Å². The normalized spacial score (nSPS) is 20.2. The monoisotopic (exact) mass is 845 g/mol. The molecule has 0 saturated carbocycles. The molecule has 4 aliphatic heterocycles. The molecule has 6 heterocycles. The van der Waals surface area contributed by atoms with Crippen molar-refractivity contribution < 1.29 is 23.7 Å². The van der Waals surface area contributed by atoms with E-state index >= 15 is 0 Å². The standard InChI is InChI=1S/C50H67N5O5Si/c1-33(2)61(34(3)4,35(5)6)23-18-36-14-11-15-37-24-41(59-32-57-10)27-42(46(36)37)44-25-38-26-45(58-31-50-19-12-21-54(50)22-13-20-50)52-47(43(38)28-51-44)53-29-39-16-17-40(30-53)55(39)48(56)60-49(7,8)9/h11,14-15,24-28,33-35,39-40H,12-13,16-17,19-22,29-32H2,1-10H3. The third-order valence-electron chi connectivity index (χ3n) is 14.2. The molecule has 0 aliphatic carbocycles. The van der Waals surface area contributed by atoms with Gasteiger partial charge in [0.2, 0.25) is 5.88 Å². The van der Waals surface area contributed by atoms with Gasteiger partial charge in [-0.25, -0.2) is 4.79 Å². The molecule has 2 aromatic heterocycles. The molecule has 4 saturated heterocycles. The van der Waals surface area contributed by atoms with Crippen molar-refractivity contribution >= 4 is 41.5 Å². The highest BCUT2D eigenvalue weighted by atomic mass is 28.3. The van der Waals surface area contributed by atoms with Crippen molar-refractivity contribution in [2.75, 3.05) is 51.6 Å². The average molecular weight is 846 g/mol. The number of aromatic nitrogens is 2. The van der Waals surface area contributed by atoms with Crippen molar-refractivity contribution in [3.05, 3.63) is 54.2 Å². The van der Waals surface area contributed by atoms with Crippen molar-refractivity contribution in [3.8, 4) is 34.4 Å². The summed E-state index contributed by atoms with van der Waals surface area (Å²) >= 11 is 0. The van der Waals surface area contributed by atoms with Gasteiger partial charge in [0.15, 0.2) is 6.79 Å². The molecule has 2 aromatic carbocycles. The van der Waals surface area contributed by atoms with Crippen molar-refractivity contribution in [1.29, 1.82) is 0 Å². The third-order valence-corrected chi connectivity index (χ3v) is 20.5. The fraction of sp³-hybridized carbons (Fsp3) is 0.580. The average Bonchev–Trinajstić information content (AvgIpc) is 3.88. The number of benzene rings is 2. The maximum absolute atomic E-state index is 13.4. The molecule has 0 radical (unpaired) electrons. The Hall–Kier alpha value is -4.37. The van der Waals surface area contributed by atoms with Crippen molar-refractivity contribution in [1.82, 2.24) is 19.8 Å². The number of methoxy groups -OCH3 is 1. The van der Waals surface area contributed by atoms with Crippen molar-refractivity contribution in [2.24, 2.45) is 0 Å². The number of ether oxygens (including phenoxy) is 4. The maximum atomic E-state index is 13.4. The van der Waals surface area contributed by atoms with Crippen LogP contribution < -0.4 is 14.4 Å². The van der Waals surface area contributed by atoms with Gasteiger partial charge in [-0.2, -0.15) is 4.98 Å². The first-order valence-corrected chi connectivity index (χ1v) is 25.0. The van der Waals surface area contributed by atoms with Crippen LogP contribution >= 0.6 is 0 Å². The minimum absolute atomic E-state index is 0.0382. The van der Waals surface area contributed by atoms with E-state index in [4.69, 9.17) is 28.9 Å². The SMILES string of the molecule is COCOc1cc(-c2cc3cc(OCC45CCCN4CCC5)nc(N4CC5CCC(C4)N5C(=O)OC(C)(C)C)c3cn2)c2c(C#C[Si](C(C)C)(C(C)C)C(C)C)cccc2c1. The highest BCUT2D eigenvalue weighted by Crippen LogP contribution is 2.44. The van der Waals surface area contributed by atoms with E-state index in [2.05, 4.69) is 105 Å². The summed E-state index contributed by atoms with van der Waals surface area (Å²) < 4.78 is 24.2. The highest BCUT2D eigenvalue weighted by molar-refractivity contribution is 6.90. The number of hydrogen-bond donors (Lipinski definition) is 0. The van der Waals surface area contributed by atoms with Gasteiger partial charge in [0.25, 0.3) is 0 Å². The Morgan fingerprint density at radius 2 is 1.61 bits per heavy atom. The Kier molecular flexibility index (Phi) is 12.1. The molecule has 8 rings (SSSR count). The minimum atomic E-state index is -2.02. The second-order valence-corrected chi connectivity index (χ2v) is 25.6. The smallest absolute Gasteiger partial charge is 0.410 e. The number of carbonyl (C=O) groups excluding carboxylic acids is 1. The lowest BCUT2D eigenvalue weighted by Crippen LogP contribution is -2.57. The van der Waals surface area contributed by atoms with E-state index in [9.17, 15) is 4.79 Å². The van der Waals surface area contributed by atoms with Gasteiger partial charge in [-0.1, -0.05) is 59.6 Å². The molecule has 2 atom stereocenters. The maximum Gasteiger partial charge on any atom is 0.410 e. The zero-order valence-electron chi connectivity index (χ0n) is 38.3. The summed E-state index contributed by atoms with van der Waals surface area (Å²) in [5.41, 5.74) is 7.85. The van der Waals surface area contributed by atoms with Crippen molar-refractivity contribution in [3.63, 3.8) is 0 Å². The Morgan fingerprint density at radius 1 is 0.918 bits per heavy atom. The summed E-state index contributed by atoms with van der Waals surface area (Å²) in [6.45, 7) is 24.3. The van der Waals surface area contributed by atoms with E-state index < -0.39 is 13.7 Å². The molecule has 11 heteroatoms. The molecule has 326 valence electrons. The number of fused-ring (bicyclic) bond motifs is 5. The molecule has 0 N–H and O–H groups in total. The Labute approximate surface area is 364 Å². The fourth-order valence-corrected chi connectivity index (χ4v) is 16.7. The van der Waals surface area contributed by atoms with Gasteiger partial charge in [-0.3, -0.25) is 14.8 Å². The van der Waals surface area contributed by atoms with E-state index in [-0.39, 0.29) is 30.5 Å². The molecule has 1 amide bonds. The molecular weight excluding hydrogens is 779 g/mol. The number of anilines is 1. The molecule has 61 heavy (non-hydrogen) atoms. The van der Waals surface area contributed by atoms with E-state index in [0.29, 0.717) is 47.9 Å². The Morgan fingerprint density at radius 3 is 2.25 bits per heavy atom. The molecule has 2 unspecified atom stereocenters. The van der Waals surface area contributed by atoms with Gasteiger partial charge >= 0.3 is 6.09 Å². The summed E-state index contributed by atoms with van der Waals surface area (Å²) in [6.07, 6.45) is 8.36. The lowest BCUT2D eigenvalue weighted by atomic mass is 9.95. The number of rotatable bonds is 11. The zero-order valence-corrected chi connectivity index (χ0v) is 39.3. The molecule has 2 bridgehead atoms. The van der Waals surface area contributed by atoms with Crippen LogP contribution in [0.3, 0.4) is 0 Å². The van der Waals surface area contributed by atoms with E-state index in [0.717, 1.165) is 83.0 Å². The second-order valence-electron chi connectivity index (χ2n) is 20.0. The van der Waals surface area contributed by atoms with Crippen LogP contribution in [0.15, 0.2) is 48.7 Å². The van der Waals surface area contributed by atoms with Crippen LogP contribution in [0.4, 0.5) is 10.6 Å². The molecule has 10 nitrogen and oxygen atoms in total. The summed E-state index contributed by atoms with van der Waals surface area (Å²) in [4.78, 5) is 30.9. The van der Waals surface area contributed by atoms with Crippen LogP contribution in [-0.4, -0.2) is 104 Å². The summed E-state index contributed by atoms with van der Waals surface area (Å²) in [6, 6.07) is 14.9. The first kappa shape index (κ1) is 43.3. The molecular formula is C50H67N5O5Si. The van der Waals surface area contributed by atoms with Crippen LogP contribution in [0.2, 0.25) is 16.6 Å². The number of hydrogen-bond acceptors (Lipinski definition) is 9. The second kappa shape index (κ2) is 17.1. The highest BCUT2D eigenvalue weighted by Gasteiger charge is 2.47. The van der Waals surface area contributed by atoms with Crippen LogP contribution in [0.1, 0.15) is 106 Å². The number of piperazine rings is 1. The summed E-state index contributed by atoms with van der Waals surface area (Å²) in [5, 5.41) is 4.07. The Balaban J connectivity index is 1.24. The molecule has 4 aliphatic rings. The van der Waals surface area contributed by atoms with Crippen molar-refractivity contribution in [2.45, 2.75) is 141 Å². The predicted octanol–water partition coefficient (Wildman–Crippen LogP) is 10.6. The number of amides is 1. The van der Waals surface area contributed by atoms with Crippen LogP contribution in [0.5, 0.6) is 11.6 Å².